The van der Waals surface area contributed by atoms with Crippen molar-refractivity contribution in [1.82, 2.24) is 10.6 Å². The molecule has 2 amide bonds. The summed E-state index contributed by atoms with van der Waals surface area (Å²) in [7, 11) is 0. The second-order valence-corrected chi connectivity index (χ2v) is 7.39. The van der Waals surface area contributed by atoms with E-state index in [1.165, 1.54) is 0 Å². The zero-order chi connectivity index (χ0) is 16.4. The number of carbonyl (C=O) groups is 2. The highest BCUT2D eigenvalue weighted by molar-refractivity contribution is 9.10. The number of anilines is 1. The Balaban J connectivity index is 0.00000208. The van der Waals surface area contributed by atoms with Gasteiger partial charge in [0.1, 0.15) is 0 Å². The smallest absolute Gasteiger partial charge is 0.227 e. The molecular weight excluding hydrogens is 394 g/mol. The Morgan fingerprint density at radius 3 is 2.92 bits per heavy atom. The van der Waals surface area contributed by atoms with Crippen LogP contribution in [0.5, 0.6) is 0 Å². The number of nitrogens with one attached hydrogen (secondary N) is 2. The Labute approximate surface area is 157 Å². The minimum atomic E-state index is -0.268. The summed E-state index contributed by atoms with van der Waals surface area (Å²) in [5.74, 6) is 0.212. The summed E-state index contributed by atoms with van der Waals surface area (Å²) in [4.78, 5) is 26.5. The molecule has 2 aliphatic heterocycles. The maximum absolute atomic E-state index is 12.5. The monoisotopic (exact) mass is 415 g/mol. The van der Waals surface area contributed by atoms with Crippen LogP contribution in [0.2, 0.25) is 0 Å². The first-order chi connectivity index (χ1) is 11.0. The second-order valence-electron chi connectivity index (χ2n) is 6.47. The summed E-state index contributed by atoms with van der Waals surface area (Å²) in [6.07, 6.45) is 1.35. The Bertz CT molecular complexity index is 613. The third kappa shape index (κ3) is 4.29. The van der Waals surface area contributed by atoms with Gasteiger partial charge in [-0.15, -0.1) is 12.4 Å². The average Bonchev–Trinajstić information content (AvgIpc) is 2.92. The molecule has 0 spiro atoms. The van der Waals surface area contributed by atoms with E-state index in [9.17, 15) is 9.59 Å². The Hall–Kier alpha value is -1.11. The van der Waals surface area contributed by atoms with E-state index in [4.69, 9.17) is 0 Å². The number of carbonyl (C=O) groups excluding carboxylic acids is 2. The quantitative estimate of drug-likeness (QED) is 0.795. The molecule has 1 aromatic rings. The first-order valence-electron chi connectivity index (χ1n) is 8.11. The predicted octanol–water partition coefficient (Wildman–Crippen LogP) is 2.34. The normalized spacial score (nSPS) is 26.8. The standard InChI is InChI=1S/C17H22BrN3O2.ClH/c1-11-5-6-19-9-15(11)20-17(23)12-7-16(22)21(10-12)14-4-2-3-13(18)8-14;/h2-4,8,11-12,15,19H,5-7,9-10H2,1H3,(H,20,23);1H. The van der Waals surface area contributed by atoms with Crippen molar-refractivity contribution in [3.05, 3.63) is 28.7 Å². The van der Waals surface area contributed by atoms with Gasteiger partial charge in [-0.2, -0.15) is 0 Å². The highest BCUT2D eigenvalue weighted by atomic mass is 79.9. The number of amides is 2. The lowest BCUT2D eigenvalue weighted by molar-refractivity contribution is -0.127. The molecule has 24 heavy (non-hydrogen) atoms. The fourth-order valence-corrected chi connectivity index (χ4v) is 3.65. The van der Waals surface area contributed by atoms with E-state index < -0.39 is 0 Å². The van der Waals surface area contributed by atoms with Crippen LogP contribution in [0, 0.1) is 11.8 Å². The highest BCUT2D eigenvalue weighted by Crippen LogP contribution is 2.27. The summed E-state index contributed by atoms with van der Waals surface area (Å²) >= 11 is 3.42. The van der Waals surface area contributed by atoms with Crippen LogP contribution in [0.1, 0.15) is 19.8 Å². The molecule has 1 aromatic carbocycles. The minimum absolute atomic E-state index is 0. The molecule has 0 saturated carbocycles. The largest absolute Gasteiger partial charge is 0.352 e. The Morgan fingerprint density at radius 2 is 2.21 bits per heavy atom. The number of halogens is 2. The van der Waals surface area contributed by atoms with Crippen molar-refractivity contribution in [2.45, 2.75) is 25.8 Å². The van der Waals surface area contributed by atoms with Gasteiger partial charge in [0.05, 0.1) is 5.92 Å². The van der Waals surface area contributed by atoms with Crippen molar-refractivity contribution < 1.29 is 9.59 Å². The third-order valence-corrected chi connectivity index (χ3v) is 5.26. The van der Waals surface area contributed by atoms with Crippen LogP contribution in [0.4, 0.5) is 5.69 Å². The van der Waals surface area contributed by atoms with Gasteiger partial charge >= 0.3 is 0 Å². The first kappa shape index (κ1) is 19.2. The first-order valence-corrected chi connectivity index (χ1v) is 8.91. The topological polar surface area (TPSA) is 61.4 Å². The number of rotatable bonds is 3. The number of piperidine rings is 1. The van der Waals surface area contributed by atoms with Gasteiger partial charge in [-0.25, -0.2) is 0 Å². The SMILES string of the molecule is CC1CCNCC1NC(=O)C1CC(=O)N(c2cccc(Br)c2)C1.Cl. The fourth-order valence-electron chi connectivity index (χ4n) is 3.26. The molecule has 3 unspecified atom stereocenters. The number of benzene rings is 1. The number of hydrogen-bond donors (Lipinski definition) is 2. The second kappa shape index (κ2) is 8.32. The Kier molecular flexibility index (Phi) is 6.66. The number of nitrogens with zero attached hydrogens (tertiary/aromatic N) is 1. The molecule has 0 radical (unpaired) electrons. The van der Waals surface area contributed by atoms with Crippen molar-refractivity contribution in [2.24, 2.45) is 11.8 Å². The average molecular weight is 417 g/mol. The zero-order valence-electron chi connectivity index (χ0n) is 13.6. The minimum Gasteiger partial charge on any atom is -0.352 e. The summed E-state index contributed by atoms with van der Waals surface area (Å²) in [5.41, 5.74) is 0.840. The zero-order valence-corrected chi connectivity index (χ0v) is 16.0. The van der Waals surface area contributed by atoms with Gasteiger partial charge in [0.25, 0.3) is 0 Å². The molecule has 132 valence electrons. The lowest BCUT2D eigenvalue weighted by Gasteiger charge is -2.31. The van der Waals surface area contributed by atoms with Gasteiger partial charge in [0.15, 0.2) is 0 Å². The molecule has 0 aliphatic carbocycles. The van der Waals surface area contributed by atoms with E-state index in [1.54, 1.807) is 4.90 Å². The van der Waals surface area contributed by atoms with Gasteiger partial charge < -0.3 is 15.5 Å². The molecule has 0 aromatic heterocycles. The van der Waals surface area contributed by atoms with Gasteiger partial charge in [-0.3, -0.25) is 9.59 Å². The van der Waals surface area contributed by atoms with Crippen LogP contribution in [0.25, 0.3) is 0 Å². The maximum atomic E-state index is 12.5. The number of hydrogen-bond acceptors (Lipinski definition) is 3. The third-order valence-electron chi connectivity index (χ3n) is 4.77. The molecule has 2 aliphatic rings. The molecule has 2 heterocycles. The van der Waals surface area contributed by atoms with Crippen molar-refractivity contribution in [3.8, 4) is 0 Å². The molecule has 2 saturated heterocycles. The van der Waals surface area contributed by atoms with Gasteiger partial charge in [-0.1, -0.05) is 28.9 Å². The summed E-state index contributed by atoms with van der Waals surface area (Å²) in [6, 6.07) is 7.79. The highest BCUT2D eigenvalue weighted by Gasteiger charge is 2.36. The molecule has 0 bridgehead atoms. The fraction of sp³-hybridized carbons (Fsp3) is 0.529. The molecule has 3 rings (SSSR count). The molecule has 7 heteroatoms. The van der Waals surface area contributed by atoms with E-state index in [2.05, 4.69) is 33.5 Å². The maximum Gasteiger partial charge on any atom is 0.227 e. The predicted molar refractivity (Wildman–Crippen MR) is 100 cm³/mol. The van der Waals surface area contributed by atoms with E-state index in [1.807, 2.05) is 24.3 Å². The van der Waals surface area contributed by atoms with Crippen molar-refractivity contribution in [3.63, 3.8) is 0 Å². The van der Waals surface area contributed by atoms with Crippen molar-refractivity contribution >= 4 is 45.8 Å². The van der Waals surface area contributed by atoms with Gasteiger partial charge in [-0.05, 0) is 37.1 Å². The van der Waals surface area contributed by atoms with E-state index in [-0.39, 0.29) is 42.6 Å². The lowest BCUT2D eigenvalue weighted by Crippen LogP contribution is -2.51. The summed E-state index contributed by atoms with van der Waals surface area (Å²) < 4.78 is 0.929. The van der Waals surface area contributed by atoms with Gasteiger partial charge in [0.2, 0.25) is 11.8 Å². The van der Waals surface area contributed by atoms with Crippen LogP contribution in [0.15, 0.2) is 28.7 Å². The van der Waals surface area contributed by atoms with Crippen LogP contribution in [-0.2, 0) is 9.59 Å². The van der Waals surface area contributed by atoms with Crippen LogP contribution < -0.4 is 15.5 Å². The molecule has 3 atom stereocenters. The molecule has 2 N–H and O–H groups in total. The molecule has 2 fully saturated rings. The van der Waals surface area contributed by atoms with E-state index in [0.29, 0.717) is 12.5 Å². The van der Waals surface area contributed by atoms with Crippen LogP contribution in [0.3, 0.4) is 0 Å². The van der Waals surface area contributed by atoms with Crippen molar-refractivity contribution in [2.75, 3.05) is 24.5 Å². The molecular formula is C17H23BrClN3O2. The van der Waals surface area contributed by atoms with Crippen LogP contribution in [-0.4, -0.2) is 37.5 Å². The Morgan fingerprint density at radius 1 is 1.42 bits per heavy atom. The van der Waals surface area contributed by atoms with Crippen LogP contribution >= 0.6 is 28.3 Å². The lowest BCUT2D eigenvalue weighted by atomic mass is 9.94. The van der Waals surface area contributed by atoms with Gasteiger partial charge in [0, 0.05) is 35.7 Å². The van der Waals surface area contributed by atoms with E-state index >= 15 is 0 Å². The van der Waals surface area contributed by atoms with E-state index in [0.717, 1.165) is 29.7 Å². The summed E-state index contributed by atoms with van der Waals surface area (Å²) in [6.45, 7) is 4.43. The summed E-state index contributed by atoms with van der Waals surface area (Å²) in [5, 5.41) is 6.44. The van der Waals surface area contributed by atoms with Crippen molar-refractivity contribution in [1.29, 1.82) is 0 Å². The molecule has 5 nitrogen and oxygen atoms in total.